The summed E-state index contributed by atoms with van der Waals surface area (Å²) < 4.78 is -0.192. The molecule has 6 heteroatoms. The molecule has 1 saturated heterocycles. The third-order valence-corrected chi connectivity index (χ3v) is 3.84. The fourth-order valence-corrected chi connectivity index (χ4v) is 2.75. The number of carboxylic acids is 1. The van der Waals surface area contributed by atoms with Gasteiger partial charge < -0.3 is 5.11 Å². The predicted molar refractivity (Wildman–Crippen MR) is 66.1 cm³/mol. The van der Waals surface area contributed by atoms with Crippen molar-refractivity contribution in [3.05, 3.63) is 29.8 Å². The van der Waals surface area contributed by atoms with Gasteiger partial charge in [-0.3, -0.25) is 9.69 Å². The van der Waals surface area contributed by atoms with Crippen molar-refractivity contribution in [1.29, 1.82) is 0 Å². The van der Waals surface area contributed by atoms with Gasteiger partial charge in [-0.15, -0.1) is 24.4 Å². The highest BCUT2D eigenvalue weighted by Gasteiger charge is 2.30. The summed E-state index contributed by atoms with van der Waals surface area (Å²) in [5, 5.41) is 8.75. The molecule has 4 nitrogen and oxygen atoms in total. The molecule has 84 valence electrons. The van der Waals surface area contributed by atoms with E-state index in [0.717, 1.165) is 0 Å². The van der Waals surface area contributed by atoms with Crippen LogP contribution in [0.1, 0.15) is 10.4 Å². The van der Waals surface area contributed by atoms with E-state index in [1.807, 2.05) is 0 Å². The van der Waals surface area contributed by atoms with Gasteiger partial charge in [0.2, 0.25) is 5.91 Å². The van der Waals surface area contributed by atoms with E-state index >= 15 is 0 Å². The Hall–Kier alpha value is -1.14. The van der Waals surface area contributed by atoms with Crippen LogP contribution >= 0.6 is 24.4 Å². The van der Waals surface area contributed by atoms with E-state index in [2.05, 4.69) is 12.6 Å². The third kappa shape index (κ3) is 2.03. The lowest BCUT2D eigenvalue weighted by Crippen LogP contribution is -2.29. The zero-order chi connectivity index (χ0) is 11.7. The average Bonchev–Trinajstić information content (AvgIpc) is 2.59. The van der Waals surface area contributed by atoms with Crippen LogP contribution in [0.25, 0.3) is 0 Å². The molecular weight excluding hydrogens is 246 g/mol. The molecular formula is C10H9NO3S2. The van der Waals surface area contributed by atoms with Crippen LogP contribution in [0.4, 0.5) is 5.69 Å². The van der Waals surface area contributed by atoms with Crippen LogP contribution in [-0.4, -0.2) is 27.4 Å². The third-order valence-electron chi connectivity index (χ3n) is 2.24. The van der Waals surface area contributed by atoms with Gasteiger partial charge in [-0.1, -0.05) is 0 Å². The predicted octanol–water partition coefficient (Wildman–Crippen LogP) is 1.68. The number of hydrogen-bond donors (Lipinski definition) is 2. The second kappa shape index (κ2) is 4.39. The summed E-state index contributed by atoms with van der Waals surface area (Å²) in [7, 11) is 0. The van der Waals surface area contributed by atoms with Gasteiger partial charge in [0.25, 0.3) is 0 Å². The quantitative estimate of drug-likeness (QED) is 0.789. The number of anilines is 1. The lowest BCUT2D eigenvalue weighted by Gasteiger charge is -2.19. The van der Waals surface area contributed by atoms with Gasteiger partial charge in [-0.25, -0.2) is 4.79 Å². The van der Waals surface area contributed by atoms with E-state index < -0.39 is 5.97 Å². The highest BCUT2D eigenvalue weighted by Crippen LogP contribution is 2.32. The first kappa shape index (κ1) is 11.3. The fraction of sp³-hybridized carbons (Fsp3) is 0.200. The number of nitrogens with zero attached hydrogens (tertiary/aromatic N) is 1. The monoisotopic (exact) mass is 255 g/mol. The van der Waals surface area contributed by atoms with Crippen molar-refractivity contribution in [1.82, 2.24) is 0 Å². The molecule has 0 spiro atoms. The Morgan fingerprint density at radius 3 is 2.50 bits per heavy atom. The second-order valence-electron chi connectivity index (χ2n) is 3.25. The molecule has 1 unspecified atom stereocenters. The van der Waals surface area contributed by atoms with Gasteiger partial charge in [-0.05, 0) is 24.3 Å². The van der Waals surface area contributed by atoms with Crippen molar-refractivity contribution < 1.29 is 14.7 Å². The SMILES string of the molecule is O=C(O)c1ccc(N2C(=O)CSC2S)cc1. The summed E-state index contributed by atoms with van der Waals surface area (Å²) in [6.07, 6.45) is 0. The Morgan fingerprint density at radius 2 is 2.06 bits per heavy atom. The molecule has 1 N–H and O–H groups in total. The zero-order valence-electron chi connectivity index (χ0n) is 8.16. The topological polar surface area (TPSA) is 57.6 Å². The Bertz CT molecular complexity index is 432. The Labute approximate surface area is 102 Å². The van der Waals surface area contributed by atoms with Crippen LogP contribution in [0.3, 0.4) is 0 Å². The van der Waals surface area contributed by atoms with Crippen LogP contribution in [0.5, 0.6) is 0 Å². The minimum Gasteiger partial charge on any atom is -0.478 e. The number of hydrogen-bond acceptors (Lipinski definition) is 4. The first-order chi connectivity index (χ1) is 7.59. The number of thioether (sulfide) groups is 1. The fourth-order valence-electron chi connectivity index (χ4n) is 1.45. The number of thiol groups is 1. The normalized spacial score (nSPS) is 20.2. The van der Waals surface area contributed by atoms with E-state index in [-0.39, 0.29) is 16.2 Å². The summed E-state index contributed by atoms with van der Waals surface area (Å²) in [5.41, 5.74) is 0.888. The Morgan fingerprint density at radius 1 is 1.44 bits per heavy atom. The molecule has 0 bridgehead atoms. The molecule has 1 aromatic carbocycles. The molecule has 1 aliphatic heterocycles. The smallest absolute Gasteiger partial charge is 0.335 e. The van der Waals surface area contributed by atoms with Gasteiger partial charge in [-0.2, -0.15) is 0 Å². The summed E-state index contributed by atoms with van der Waals surface area (Å²) in [5.74, 6) is -0.571. The molecule has 1 fully saturated rings. The molecule has 0 radical (unpaired) electrons. The molecule has 1 atom stereocenters. The maximum atomic E-state index is 11.5. The van der Waals surface area contributed by atoms with Crippen molar-refractivity contribution >= 4 is 42.0 Å². The van der Waals surface area contributed by atoms with Gasteiger partial charge >= 0.3 is 5.97 Å². The van der Waals surface area contributed by atoms with E-state index in [4.69, 9.17) is 5.11 Å². The first-order valence-electron chi connectivity index (χ1n) is 4.54. The second-order valence-corrected chi connectivity index (χ2v) is 5.16. The molecule has 0 aliphatic carbocycles. The Kier molecular flexibility index (Phi) is 3.11. The number of carbonyl (C=O) groups is 2. The number of carboxylic acid groups (broad SMARTS) is 1. The van der Waals surface area contributed by atoms with Gasteiger partial charge in [0.1, 0.15) is 4.71 Å². The standard InChI is InChI=1S/C10H9NO3S2/c12-8-5-16-10(15)11(8)7-3-1-6(2-4-7)9(13)14/h1-4,10,15H,5H2,(H,13,14). The molecule has 0 aromatic heterocycles. The van der Waals surface area contributed by atoms with Gasteiger partial charge in [0, 0.05) is 5.69 Å². The van der Waals surface area contributed by atoms with Crippen LogP contribution in [0.2, 0.25) is 0 Å². The van der Waals surface area contributed by atoms with Gasteiger partial charge in [0.15, 0.2) is 0 Å². The van der Waals surface area contributed by atoms with Crippen molar-refractivity contribution in [3.63, 3.8) is 0 Å². The summed E-state index contributed by atoms with van der Waals surface area (Å²) in [4.78, 5) is 23.8. The summed E-state index contributed by atoms with van der Waals surface area (Å²) >= 11 is 5.72. The van der Waals surface area contributed by atoms with Crippen LogP contribution < -0.4 is 4.90 Å². The minimum atomic E-state index is -0.976. The van der Waals surface area contributed by atoms with Crippen LogP contribution in [0.15, 0.2) is 24.3 Å². The minimum absolute atomic E-state index is 0.00641. The largest absolute Gasteiger partial charge is 0.478 e. The molecule has 1 heterocycles. The molecule has 1 aromatic rings. The molecule has 16 heavy (non-hydrogen) atoms. The number of benzene rings is 1. The summed E-state index contributed by atoms with van der Waals surface area (Å²) in [6, 6.07) is 6.20. The zero-order valence-corrected chi connectivity index (χ0v) is 9.87. The maximum absolute atomic E-state index is 11.5. The van der Waals surface area contributed by atoms with E-state index in [0.29, 0.717) is 11.4 Å². The van der Waals surface area contributed by atoms with Gasteiger partial charge in [0.05, 0.1) is 11.3 Å². The van der Waals surface area contributed by atoms with Crippen LogP contribution in [-0.2, 0) is 4.79 Å². The molecule has 0 saturated carbocycles. The molecule has 1 aliphatic rings. The lowest BCUT2D eigenvalue weighted by molar-refractivity contribution is -0.115. The lowest BCUT2D eigenvalue weighted by atomic mass is 10.2. The Balaban J connectivity index is 2.27. The first-order valence-corrected chi connectivity index (χ1v) is 6.11. The van der Waals surface area contributed by atoms with Crippen LogP contribution in [0, 0.1) is 0 Å². The van der Waals surface area contributed by atoms with Crippen molar-refractivity contribution in [2.45, 2.75) is 4.71 Å². The highest BCUT2D eigenvalue weighted by molar-refractivity contribution is 8.11. The maximum Gasteiger partial charge on any atom is 0.335 e. The number of amides is 1. The number of aromatic carboxylic acids is 1. The number of rotatable bonds is 2. The highest BCUT2D eigenvalue weighted by atomic mass is 32.2. The van der Waals surface area contributed by atoms with Crippen molar-refractivity contribution in [2.24, 2.45) is 0 Å². The summed E-state index contributed by atoms with van der Waals surface area (Å²) in [6.45, 7) is 0. The van der Waals surface area contributed by atoms with E-state index in [1.54, 1.807) is 17.0 Å². The van der Waals surface area contributed by atoms with E-state index in [1.165, 1.54) is 23.9 Å². The van der Waals surface area contributed by atoms with Crippen molar-refractivity contribution in [3.8, 4) is 0 Å². The molecule has 1 amide bonds. The molecule has 2 rings (SSSR count). The number of carbonyl (C=O) groups excluding carboxylic acids is 1. The van der Waals surface area contributed by atoms with E-state index in [9.17, 15) is 9.59 Å². The van der Waals surface area contributed by atoms with Crippen molar-refractivity contribution in [2.75, 3.05) is 10.7 Å². The average molecular weight is 255 g/mol.